The van der Waals surface area contributed by atoms with Gasteiger partial charge >= 0.3 is 0 Å². The molecule has 274 valence electrons. The van der Waals surface area contributed by atoms with Crippen LogP contribution in [-0.4, -0.2) is 70.5 Å². The average molecular weight is 681 g/mol. The second-order valence-electron chi connectivity index (χ2n) is 20.9. The molecule has 10 fully saturated rings. The minimum Gasteiger partial charge on any atom is -0.372 e. The number of hydrogen-bond acceptors (Lipinski definition) is 4. The molecule has 4 aliphatic heterocycles. The van der Waals surface area contributed by atoms with E-state index in [0.29, 0.717) is 41.9 Å². The molecule has 0 aromatic heterocycles. The molecule has 0 radical (unpaired) electrons. The summed E-state index contributed by atoms with van der Waals surface area (Å²) in [6.07, 6.45) is 28.5. The second kappa shape index (κ2) is 12.3. The van der Waals surface area contributed by atoms with Crippen LogP contribution in [0.25, 0.3) is 0 Å². The Morgan fingerprint density at radius 1 is 0.480 bits per heavy atom. The minimum atomic E-state index is 0.372. The molecule has 17 unspecified atom stereocenters. The van der Waals surface area contributed by atoms with Gasteiger partial charge in [-0.15, -0.1) is 0 Å². The average Bonchev–Trinajstić information content (AvgIpc) is 3.66. The zero-order valence-corrected chi connectivity index (χ0v) is 31.8. The molecule has 4 nitrogen and oxygen atoms in total. The first-order valence-corrected chi connectivity index (χ1v) is 22.4. The van der Waals surface area contributed by atoms with Crippen LogP contribution in [0.15, 0.2) is 24.3 Å². The van der Waals surface area contributed by atoms with Crippen LogP contribution >= 0.6 is 0 Å². The zero-order valence-electron chi connectivity index (χ0n) is 31.8. The van der Waals surface area contributed by atoms with Gasteiger partial charge in [-0.3, -0.25) is 9.80 Å². The van der Waals surface area contributed by atoms with Crippen molar-refractivity contribution in [1.29, 1.82) is 0 Å². The fourth-order valence-corrected chi connectivity index (χ4v) is 16.0. The summed E-state index contributed by atoms with van der Waals surface area (Å²) in [5, 5.41) is 0. The van der Waals surface area contributed by atoms with Crippen LogP contribution < -0.4 is 0 Å². The molecular formula is C46H68N2O2. The Balaban J connectivity index is 0.871. The van der Waals surface area contributed by atoms with Gasteiger partial charge < -0.3 is 9.47 Å². The molecule has 1 aromatic rings. The molecule has 50 heavy (non-hydrogen) atoms. The molecule has 0 spiro atoms. The van der Waals surface area contributed by atoms with Crippen LogP contribution in [0.3, 0.4) is 0 Å². The first kappa shape index (κ1) is 32.5. The van der Waals surface area contributed by atoms with E-state index in [1.807, 2.05) is 0 Å². The van der Waals surface area contributed by atoms with E-state index in [1.165, 1.54) is 122 Å². The molecule has 0 N–H and O–H groups in total. The second-order valence-corrected chi connectivity index (χ2v) is 20.9. The third kappa shape index (κ3) is 4.95. The maximum absolute atomic E-state index is 7.19. The van der Waals surface area contributed by atoms with Crippen LogP contribution in [-0.2, 0) is 9.47 Å². The van der Waals surface area contributed by atoms with Crippen molar-refractivity contribution in [1.82, 2.24) is 9.80 Å². The zero-order chi connectivity index (χ0) is 33.3. The number of rotatable bonds is 2. The molecule has 6 saturated carbocycles. The smallest absolute Gasteiger partial charge is 0.0740 e. The lowest BCUT2D eigenvalue weighted by Gasteiger charge is -2.55. The maximum atomic E-state index is 7.19. The third-order valence-electron chi connectivity index (χ3n) is 17.9. The Morgan fingerprint density at radius 2 is 1.02 bits per heavy atom. The summed E-state index contributed by atoms with van der Waals surface area (Å²) in [4.78, 5) is 6.34. The van der Waals surface area contributed by atoms with Gasteiger partial charge in [-0.05, 0) is 148 Å². The van der Waals surface area contributed by atoms with E-state index < -0.39 is 0 Å². The van der Waals surface area contributed by atoms with E-state index in [0.717, 1.165) is 65.6 Å². The summed E-state index contributed by atoms with van der Waals surface area (Å²) in [6.45, 7) is 7.56. The summed E-state index contributed by atoms with van der Waals surface area (Å²) in [6, 6.07) is 14.5. The van der Waals surface area contributed by atoms with Gasteiger partial charge in [-0.25, -0.2) is 0 Å². The first-order valence-electron chi connectivity index (χ1n) is 22.4. The number of benzene rings is 1. The van der Waals surface area contributed by atoms with Gasteiger partial charge in [0.1, 0.15) is 0 Å². The van der Waals surface area contributed by atoms with Gasteiger partial charge in [0, 0.05) is 36.3 Å². The molecular weight excluding hydrogens is 613 g/mol. The number of fused-ring (bicyclic) bond motifs is 10. The largest absolute Gasteiger partial charge is 0.372 e. The predicted octanol–water partition coefficient (Wildman–Crippen LogP) is 9.85. The van der Waals surface area contributed by atoms with E-state index in [9.17, 15) is 0 Å². The van der Waals surface area contributed by atoms with Gasteiger partial charge in [0.2, 0.25) is 0 Å². The van der Waals surface area contributed by atoms with Gasteiger partial charge in [-0.1, -0.05) is 77.1 Å². The molecule has 4 heterocycles. The van der Waals surface area contributed by atoms with Gasteiger partial charge in [0.25, 0.3) is 0 Å². The number of morpholine rings is 2. The molecule has 0 bridgehead atoms. The standard InChI is InChI=1S/C46H68N2O2/c1-46(2,3)29-25-35-34-24-28(20-22-37(34)48-39-15-7-9-17-41(39)50-43(26-29)45(35)48)31-12-5-4-11-30(31)27-19-21-36-33(23-27)32-13-10-18-42-44(32)47(36)38-14-6-8-16-40(38)49-42/h4-5,11-12,27-29,32-45H,6-10,13-26H2,1-3H3. The molecule has 6 aliphatic carbocycles. The van der Waals surface area contributed by atoms with Crippen LogP contribution in [0.5, 0.6) is 0 Å². The highest BCUT2D eigenvalue weighted by Gasteiger charge is 2.63. The maximum Gasteiger partial charge on any atom is 0.0740 e. The lowest BCUT2D eigenvalue weighted by atomic mass is 9.61. The quantitative estimate of drug-likeness (QED) is 0.311. The van der Waals surface area contributed by atoms with Crippen molar-refractivity contribution in [3.05, 3.63) is 35.4 Å². The van der Waals surface area contributed by atoms with Crippen LogP contribution in [0, 0.1) is 35.0 Å². The Kier molecular flexibility index (Phi) is 7.99. The van der Waals surface area contributed by atoms with Crippen molar-refractivity contribution < 1.29 is 9.47 Å². The van der Waals surface area contributed by atoms with Gasteiger partial charge in [0.05, 0.1) is 24.4 Å². The molecule has 0 amide bonds. The summed E-state index contributed by atoms with van der Waals surface area (Å²) < 4.78 is 14.2. The lowest BCUT2D eigenvalue weighted by molar-refractivity contribution is -0.188. The number of hydrogen-bond donors (Lipinski definition) is 0. The topological polar surface area (TPSA) is 24.9 Å². The van der Waals surface area contributed by atoms with Crippen molar-refractivity contribution in [3.63, 3.8) is 0 Å². The van der Waals surface area contributed by atoms with Crippen LogP contribution in [0.1, 0.15) is 166 Å². The molecule has 17 atom stereocenters. The normalized spacial score (nSPS) is 51.5. The van der Waals surface area contributed by atoms with E-state index in [-0.39, 0.29) is 0 Å². The summed E-state index contributed by atoms with van der Waals surface area (Å²) in [5.74, 6) is 5.74. The van der Waals surface area contributed by atoms with E-state index in [4.69, 9.17) is 9.47 Å². The van der Waals surface area contributed by atoms with Gasteiger partial charge in [0.15, 0.2) is 0 Å². The molecule has 1 aromatic carbocycles. The molecule has 11 rings (SSSR count). The highest BCUT2D eigenvalue weighted by Crippen LogP contribution is 2.61. The van der Waals surface area contributed by atoms with Crippen molar-refractivity contribution in [2.75, 3.05) is 0 Å². The van der Waals surface area contributed by atoms with Crippen molar-refractivity contribution in [2.45, 2.75) is 215 Å². The van der Waals surface area contributed by atoms with Crippen molar-refractivity contribution >= 4 is 0 Å². The highest BCUT2D eigenvalue weighted by atomic mass is 16.5. The summed E-state index contributed by atoms with van der Waals surface area (Å²) in [5.41, 5.74) is 3.93. The van der Waals surface area contributed by atoms with Gasteiger partial charge in [-0.2, -0.15) is 0 Å². The Morgan fingerprint density at radius 3 is 1.64 bits per heavy atom. The van der Waals surface area contributed by atoms with Crippen LogP contribution in [0.2, 0.25) is 0 Å². The third-order valence-corrected chi connectivity index (χ3v) is 17.9. The van der Waals surface area contributed by atoms with E-state index >= 15 is 0 Å². The monoisotopic (exact) mass is 681 g/mol. The molecule has 4 heteroatoms. The number of ether oxygens (including phenoxy) is 2. The number of nitrogens with zero attached hydrogens (tertiary/aromatic N) is 2. The Labute approximate surface area is 304 Å². The van der Waals surface area contributed by atoms with E-state index in [1.54, 1.807) is 11.1 Å². The Bertz CT molecular complexity index is 1420. The summed E-state index contributed by atoms with van der Waals surface area (Å²) >= 11 is 0. The fourth-order valence-electron chi connectivity index (χ4n) is 16.0. The van der Waals surface area contributed by atoms with Crippen LogP contribution in [0.4, 0.5) is 0 Å². The molecule has 4 saturated heterocycles. The SMILES string of the molecule is CC(C)(C)C1CC2OC3CCCCC3N3C4CCC(c5ccccc5C5CCC6C(C5)C5CCCC7OC8CCCCC8N6C75)CC4C(C1)C23. The first-order chi connectivity index (χ1) is 24.4. The lowest BCUT2D eigenvalue weighted by Crippen LogP contribution is -2.64. The highest BCUT2D eigenvalue weighted by molar-refractivity contribution is 5.35. The van der Waals surface area contributed by atoms with Crippen molar-refractivity contribution in [2.24, 2.45) is 35.0 Å². The molecule has 10 aliphatic rings. The fraction of sp³-hybridized carbons (Fsp3) is 0.870. The Hall–Kier alpha value is -0.940. The minimum absolute atomic E-state index is 0.372. The van der Waals surface area contributed by atoms with E-state index in [2.05, 4.69) is 54.8 Å². The van der Waals surface area contributed by atoms with Crippen molar-refractivity contribution in [3.8, 4) is 0 Å². The summed E-state index contributed by atoms with van der Waals surface area (Å²) in [7, 11) is 0. The predicted molar refractivity (Wildman–Crippen MR) is 200 cm³/mol.